The van der Waals surface area contributed by atoms with Crippen LogP contribution in [-0.4, -0.2) is 43.4 Å². The first-order valence-electron chi connectivity index (χ1n) is 11.2. The Hall–Kier alpha value is -2.93. The van der Waals surface area contributed by atoms with Crippen LogP contribution in [0.2, 0.25) is 0 Å². The van der Waals surface area contributed by atoms with E-state index in [0.29, 0.717) is 30.7 Å². The van der Waals surface area contributed by atoms with E-state index in [1.54, 1.807) is 16.3 Å². The van der Waals surface area contributed by atoms with Crippen LogP contribution >= 0.6 is 0 Å². The fraction of sp³-hybridized carbons (Fsp3) is 0.458. The Morgan fingerprint density at radius 3 is 2.90 bits per heavy atom. The first-order chi connectivity index (χ1) is 15.0. The van der Waals surface area contributed by atoms with Gasteiger partial charge in [0.05, 0.1) is 29.5 Å². The third-order valence-corrected chi connectivity index (χ3v) is 6.67. The summed E-state index contributed by atoms with van der Waals surface area (Å²) in [5, 5.41) is 3.35. The molecule has 0 spiro atoms. The van der Waals surface area contributed by atoms with Gasteiger partial charge in [-0.05, 0) is 31.9 Å². The molecule has 2 aromatic heterocycles. The Labute approximate surface area is 181 Å². The van der Waals surface area contributed by atoms with Crippen molar-refractivity contribution in [2.45, 2.75) is 58.7 Å². The van der Waals surface area contributed by atoms with Crippen molar-refractivity contribution in [3.05, 3.63) is 68.8 Å². The summed E-state index contributed by atoms with van der Waals surface area (Å²) < 4.78 is 1.57. The van der Waals surface area contributed by atoms with Crippen LogP contribution < -0.4 is 5.56 Å². The van der Waals surface area contributed by atoms with Crippen molar-refractivity contribution in [3.8, 4) is 0 Å². The van der Waals surface area contributed by atoms with Crippen molar-refractivity contribution >= 4 is 11.6 Å². The predicted octanol–water partition coefficient (Wildman–Crippen LogP) is 2.96. The van der Waals surface area contributed by atoms with Gasteiger partial charge in [0.2, 0.25) is 5.91 Å². The standard InChI is InChI=1S/C24H29N5O2/c1-16-6-5-7-18(12-16)14-28-10-4-3-8-22(28)21-13-23-25-20-9-11-27(17(2)30)15-19(20)24(31)29(23)26-21/h5-7,12-13,22,26H,3-4,8-11,14-15H2,1-2H3. The summed E-state index contributed by atoms with van der Waals surface area (Å²) in [7, 11) is 0. The lowest BCUT2D eigenvalue weighted by Gasteiger charge is -2.35. The number of amides is 1. The van der Waals surface area contributed by atoms with Crippen molar-refractivity contribution in [2.75, 3.05) is 13.1 Å². The second-order valence-corrected chi connectivity index (χ2v) is 8.91. The number of fused-ring (bicyclic) bond motifs is 2. The van der Waals surface area contributed by atoms with Crippen LogP contribution in [0.3, 0.4) is 0 Å². The summed E-state index contributed by atoms with van der Waals surface area (Å²) in [4.78, 5) is 34.0. The van der Waals surface area contributed by atoms with Gasteiger partial charge in [-0.2, -0.15) is 0 Å². The molecule has 7 nitrogen and oxygen atoms in total. The van der Waals surface area contributed by atoms with Gasteiger partial charge in [-0.15, -0.1) is 0 Å². The third-order valence-electron chi connectivity index (χ3n) is 6.67. The number of aromatic amines is 1. The maximum Gasteiger partial charge on any atom is 0.277 e. The third kappa shape index (κ3) is 3.78. The smallest absolute Gasteiger partial charge is 0.277 e. The molecule has 0 bridgehead atoms. The van der Waals surface area contributed by atoms with Gasteiger partial charge in [-0.3, -0.25) is 19.6 Å². The van der Waals surface area contributed by atoms with E-state index in [9.17, 15) is 9.59 Å². The second-order valence-electron chi connectivity index (χ2n) is 8.91. The van der Waals surface area contributed by atoms with Gasteiger partial charge >= 0.3 is 0 Å². The highest BCUT2D eigenvalue weighted by Crippen LogP contribution is 2.32. The number of aromatic nitrogens is 3. The molecule has 0 aliphatic carbocycles. The SMILES string of the molecule is CC(=O)N1CCc2nc3cc(C4CCCCN4Cc4cccc(C)c4)[nH]n3c(=O)c2C1. The molecule has 1 aromatic carbocycles. The van der Waals surface area contributed by atoms with Crippen LogP contribution in [-0.2, 0) is 24.3 Å². The minimum Gasteiger partial charge on any atom is -0.338 e. The monoisotopic (exact) mass is 419 g/mol. The van der Waals surface area contributed by atoms with E-state index in [1.807, 2.05) is 6.07 Å². The van der Waals surface area contributed by atoms with Crippen molar-refractivity contribution in [2.24, 2.45) is 0 Å². The fourth-order valence-electron chi connectivity index (χ4n) is 5.02. The predicted molar refractivity (Wildman–Crippen MR) is 119 cm³/mol. The average molecular weight is 420 g/mol. The molecule has 7 heteroatoms. The van der Waals surface area contributed by atoms with E-state index in [2.05, 4.69) is 41.2 Å². The quantitative estimate of drug-likeness (QED) is 0.708. The van der Waals surface area contributed by atoms with Crippen molar-refractivity contribution in [3.63, 3.8) is 0 Å². The molecule has 1 amide bonds. The number of piperidine rings is 1. The molecule has 1 unspecified atom stereocenters. The molecule has 0 saturated carbocycles. The maximum absolute atomic E-state index is 13.2. The lowest BCUT2D eigenvalue weighted by atomic mass is 9.98. The van der Waals surface area contributed by atoms with Gasteiger partial charge in [0.25, 0.3) is 5.56 Å². The number of benzene rings is 1. The minimum atomic E-state index is -0.0850. The van der Waals surface area contributed by atoms with Gasteiger partial charge < -0.3 is 4.90 Å². The van der Waals surface area contributed by atoms with E-state index in [-0.39, 0.29) is 17.5 Å². The highest BCUT2D eigenvalue weighted by molar-refractivity contribution is 5.73. The van der Waals surface area contributed by atoms with Crippen LogP contribution in [0.5, 0.6) is 0 Å². The lowest BCUT2D eigenvalue weighted by Crippen LogP contribution is -2.39. The molecule has 1 N–H and O–H groups in total. The first-order valence-corrected chi connectivity index (χ1v) is 11.2. The van der Waals surface area contributed by atoms with Crippen molar-refractivity contribution in [1.82, 2.24) is 24.4 Å². The Morgan fingerprint density at radius 1 is 1.23 bits per heavy atom. The van der Waals surface area contributed by atoms with E-state index in [1.165, 1.54) is 24.0 Å². The Bertz CT molecular complexity index is 1190. The first kappa shape index (κ1) is 20.0. The molecule has 1 saturated heterocycles. The van der Waals surface area contributed by atoms with Crippen LogP contribution in [0.1, 0.15) is 60.3 Å². The topological polar surface area (TPSA) is 73.7 Å². The molecular weight excluding hydrogens is 390 g/mol. The summed E-state index contributed by atoms with van der Waals surface area (Å²) in [5.74, 6) is -0.00341. The molecule has 5 rings (SSSR count). The van der Waals surface area contributed by atoms with Crippen LogP contribution in [0.15, 0.2) is 35.1 Å². The summed E-state index contributed by atoms with van der Waals surface area (Å²) in [6, 6.07) is 11.0. The summed E-state index contributed by atoms with van der Waals surface area (Å²) in [5.41, 5.74) is 5.69. The van der Waals surface area contributed by atoms with Gasteiger partial charge in [-0.1, -0.05) is 36.2 Å². The highest BCUT2D eigenvalue weighted by Gasteiger charge is 2.28. The molecule has 1 fully saturated rings. The zero-order valence-corrected chi connectivity index (χ0v) is 18.2. The van der Waals surface area contributed by atoms with E-state index >= 15 is 0 Å². The van der Waals surface area contributed by atoms with Gasteiger partial charge in [-0.25, -0.2) is 9.50 Å². The van der Waals surface area contributed by atoms with Crippen LogP contribution in [0.25, 0.3) is 5.65 Å². The number of nitrogens with zero attached hydrogens (tertiary/aromatic N) is 4. The number of carbonyl (C=O) groups is 1. The van der Waals surface area contributed by atoms with E-state index < -0.39 is 0 Å². The number of nitrogens with one attached hydrogen (secondary N) is 1. The summed E-state index contributed by atoms with van der Waals surface area (Å²) >= 11 is 0. The summed E-state index contributed by atoms with van der Waals surface area (Å²) in [6.07, 6.45) is 4.06. The normalized spacial score (nSPS) is 19.5. The number of H-pyrrole nitrogens is 1. The zero-order chi connectivity index (χ0) is 21.5. The number of likely N-dealkylation sites (tertiary alicyclic amines) is 1. The molecule has 2 aliphatic rings. The molecule has 0 radical (unpaired) electrons. The lowest BCUT2D eigenvalue weighted by molar-refractivity contribution is -0.129. The number of hydrogen-bond acceptors (Lipinski definition) is 4. The van der Waals surface area contributed by atoms with Gasteiger partial charge in [0.15, 0.2) is 5.65 Å². The molecular formula is C24H29N5O2. The molecule has 31 heavy (non-hydrogen) atoms. The van der Waals surface area contributed by atoms with E-state index in [0.717, 1.165) is 30.9 Å². The van der Waals surface area contributed by atoms with E-state index in [4.69, 9.17) is 4.98 Å². The number of carbonyl (C=O) groups excluding carboxylic acids is 1. The average Bonchev–Trinajstić information content (AvgIpc) is 3.18. The molecule has 1 atom stereocenters. The molecule has 4 heterocycles. The molecule has 3 aromatic rings. The Balaban J connectivity index is 1.48. The maximum atomic E-state index is 13.2. The number of hydrogen-bond donors (Lipinski definition) is 1. The fourth-order valence-corrected chi connectivity index (χ4v) is 5.02. The minimum absolute atomic E-state index is 0.00341. The second kappa shape index (κ2) is 7.96. The number of aryl methyl sites for hydroxylation is 1. The van der Waals surface area contributed by atoms with Crippen molar-refractivity contribution < 1.29 is 4.79 Å². The van der Waals surface area contributed by atoms with Gasteiger partial charge in [0, 0.05) is 32.5 Å². The highest BCUT2D eigenvalue weighted by atomic mass is 16.2. The van der Waals surface area contributed by atoms with Crippen LogP contribution in [0.4, 0.5) is 0 Å². The largest absolute Gasteiger partial charge is 0.338 e. The van der Waals surface area contributed by atoms with Crippen LogP contribution in [0, 0.1) is 6.92 Å². The Morgan fingerprint density at radius 2 is 2.10 bits per heavy atom. The number of rotatable bonds is 3. The molecule has 2 aliphatic heterocycles. The Kier molecular flexibility index (Phi) is 5.14. The summed E-state index contributed by atoms with van der Waals surface area (Å²) in [6.45, 7) is 6.58. The van der Waals surface area contributed by atoms with Gasteiger partial charge in [0.1, 0.15) is 0 Å². The zero-order valence-electron chi connectivity index (χ0n) is 18.2. The van der Waals surface area contributed by atoms with Crippen molar-refractivity contribution in [1.29, 1.82) is 0 Å². The molecule has 162 valence electrons.